The van der Waals surface area contributed by atoms with E-state index in [-0.39, 0.29) is 11.7 Å². The van der Waals surface area contributed by atoms with E-state index in [0.717, 1.165) is 44.8 Å². The van der Waals surface area contributed by atoms with Crippen molar-refractivity contribution >= 4 is 12.1 Å². The lowest BCUT2D eigenvalue weighted by Gasteiger charge is -2.09. The minimum atomic E-state index is -0.330. The molecule has 2 heteroatoms. The molecule has 0 radical (unpaired) electrons. The molecule has 1 rings (SSSR count). The van der Waals surface area contributed by atoms with Crippen LogP contribution < -0.4 is 0 Å². The molecule has 0 aliphatic heterocycles. The van der Waals surface area contributed by atoms with Gasteiger partial charge in [0.15, 0.2) is 0 Å². The molecule has 0 bridgehead atoms. The van der Waals surface area contributed by atoms with Crippen molar-refractivity contribution in [2.45, 2.75) is 77.0 Å². The van der Waals surface area contributed by atoms with Crippen LogP contribution in [-0.2, 0) is 9.59 Å². The fraction of sp³-hybridized carbons (Fsp3) is 0.765. The topological polar surface area (TPSA) is 34.1 Å². The standard InChI is InChI=1S/C17H28O2/c18-15-16-13-11-9-7-5-3-1-2-4-6-8-10-12-14-17(16)19/h1,3,15-16H,2,4-14H2. The summed E-state index contributed by atoms with van der Waals surface area (Å²) in [6.45, 7) is 0. The third-order valence-corrected chi connectivity index (χ3v) is 3.92. The molecule has 1 aliphatic carbocycles. The zero-order chi connectivity index (χ0) is 13.8. The van der Waals surface area contributed by atoms with Crippen LogP contribution in [0.5, 0.6) is 0 Å². The fourth-order valence-electron chi connectivity index (χ4n) is 2.62. The Balaban J connectivity index is 2.36. The molecule has 1 unspecified atom stereocenters. The summed E-state index contributed by atoms with van der Waals surface area (Å²) in [5.41, 5.74) is 0. The van der Waals surface area contributed by atoms with Crippen molar-refractivity contribution < 1.29 is 9.59 Å². The summed E-state index contributed by atoms with van der Waals surface area (Å²) in [4.78, 5) is 22.9. The van der Waals surface area contributed by atoms with Crippen molar-refractivity contribution in [2.75, 3.05) is 0 Å². The van der Waals surface area contributed by atoms with Gasteiger partial charge in [0.25, 0.3) is 0 Å². The quantitative estimate of drug-likeness (QED) is 0.393. The normalized spacial score (nSPS) is 25.1. The van der Waals surface area contributed by atoms with Crippen LogP contribution in [0.25, 0.3) is 0 Å². The molecule has 1 aliphatic rings. The Morgan fingerprint density at radius 3 is 2.11 bits per heavy atom. The molecule has 0 aromatic carbocycles. The van der Waals surface area contributed by atoms with E-state index in [0.29, 0.717) is 6.42 Å². The zero-order valence-electron chi connectivity index (χ0n) is 12.1. The summed E-state index contributed by atoms with van der Waals surface area (Å²) in [5.74, 6) is -0.162. The molecule has 108 valence electrons. The predicted molar refractivity (Wildman–Crippen MR) is 79.1 cm³/mol. The number of ketones is 1. The molecule has 0 saturated carbocycles. The minimum Gasteiger partial charge on any atom is -0.303 e. The molecule has 0 fully saturated rings. The number of carbonyl (C=O) groups excluding carboxylic acids is 2. The molecular formula is C17H28O2. The number of hydrogen-bond donors (Lipinski definition) is 0. The highest BCUT2D eigenvalue weighted by Gasteiger charge is 2.16. The first-order valence-corrected chi connectivity index (χ1v) is 7.97. The Bertz CT molecular complexity index is 281. The van der Waals surface area contributed by atoms with Gasteiger partial charge in [0.2, 0.25) is 0 Å². The monoisotopic (exact) mass is 264 g/mol. The van der Waals surface area contributed by atoms with Gasteiger partial charge in [0, 0.05) is 6.42 Å². The van der Waals surface area contributed by atoms with Crippen molar-refractivity contribution in [3.63, 3.8) is 0 Å². The van der Waals surface area contributed by atoms with E-state index >= 15 is 0 Å². The molecule has 0 spiro atoms. The molecular weight excluding hydrogens is 236 g/mol. The molecule has 0 heterocycles. The fourth-order valence-corrected chi connectivity index (χ4v) is 2.62. The zero-order valence-corrected chi connectivity index (χ0v) is 12.1. The van der Waals surface area contributed by atoms with Gasteiger partial charge in [-0.1, -0.05) is 44.3 Å². The average molecular weight is 264 g/mol. The van der Waals surface area contributed by atoms with E-state index in [9.17, 15) is 9.59 Å². The largest absolute Gasteiger partial charge is 0.303 e. The van der Waals surface area contributed by atoms with Crippen LogP contribution in [-0.4, -0.2) is 12.1 Å². The number of Topliss-reactive ketones (excluding diaryl/α,β-unsaturated/α-hetero) is 1. The van der Waals surface area contributed by atoms with Gasteiger partial charge in [-0.3, -0.25) is 4.79 Å². The molecule has 19 heavy (non-hydrogen) atoms. The molecule has 0 aromatic heterocycles. The lowest BCUT2D eigenvalue weighted by molar-refractivity contribution is -0.127. The van der Waals surface area contributed by atoms with Crippen molar-refractivity contribution in [2.24, 2.45) is 5.92 Å². The highest BCUT2D eigenvalue weighted by molar-refractivity contribution is 5.93. The van der Waals surface area contributed by atoms with Gasteiger partial charge < -0.3 is 4.79 Å². The van der Waals surface area contributed by atoms with E-state index in [4.69, 9.17) is 0 Å². The van der Waals surface area contributed by atoms with Gasteiger partial charge in [0.1, 0.15) is 12.1 Å². The van der Waals surface area contributed by atoms with Gasteiger partial charge in [-0.2, -0.15) is 0 Å². The maximum absolute atomic E-state index is 11.9. The minimum absolute atomic E-state index is 0.169. The summed E-state index contributed by atoms with van der Waals surface area (Å²) in [6, 6.07) is 0. The highest BCUT2D eigenvalue weighted by atomic mass is 16.1. The second kappa shape index (κ2) is 11.0. The van der Waals surface area contributed by atoms with E-state index in [1.807, 2.05) is 0 Å². The molecule has 0 amide bonds. The first-order chi connectivity index (χ1) is 9.34. The smallest absolute Gasteiger partial charge is 0.143 e. The maximum Gasteiger partial charge on any atom is 0.143 e. The lowest BCUT2D eigenvalue weighted by Crippen LogP contribution is -2.15. The number of aldehydes is 1. The van der Waals surface area contributed by atoms with Crippen LogP contribution in [0.4, 0.5) is 0 Å². The first-order valence-electron chi connectivity index (χ1n) is 7.97. The molecule has 0 aromatic rings. The number of rotatable bonds is 1. The van der Waals surface area contributed by atoms with E-state index in [2.05, 4.69) is 12.2 Å². The van der Waals surface area contributed by atoms with E-state index in [1.54, 1.807) is 0 Å². The van der Waals surface area contributed by atoms with E-state index in [1.165, 1.54) is 32.1 Å². The van der Waals surface area contributed by atoms with Crippen LogP contribution in [0.2, 0.25) is 0 Å². The number of carbonyl (C=O) groups is 2. The Hall–Kier alpha value is -0.920. The third kappa shape index (κ3) is 7.97. The van der Waals surface area contributed by atoms with Crippen LogP contribution in [0, 0.1) is 5.92 Å². The summed E-state index contributed by atoms with van der Waals surface area (Å²) in [7, 11) is 0. The first kappa shape index (κ1) is 16.1. The number of allylic oxidation sites excluding steroid dienone is 2. The molecule has 2 nitrogen and oxygen atoms in total. The molecule has 0 saturated heterocycles. The number of hydrogen-bond acceptors (Lipinski definition) is 2. The van der Waals surface area contributed by atoms with Crippen molar-refractivity contribution in [3.05, 3.63) is 12.2 Å². The van der Waals surface area contributed by atoms with Crippen LogP contribution in [0.1, 0.15) is 77.0 Å². The highest BCUT2D eigenvalue weighted by Crippen LogP contribution is 2.15. The Kier molecular flexibility index (Phi) is 9.30. The van der Waals surface area contributed by atoms with Gasteiger partial charge in [-0.05, 0) is 38.5 Å². The Morgan fingerprint density at radius 2 is 1.42 bits per heavy atom. The van der Waals surface area contributed by atoms with Crippen molar-refractivity contribution in [1.82, 2.24) is 0 Å². The van der Waals surface area contributed by atoms with Crippen LogP contribution >= 0.6 is 0 Å². The predicted octanol–water partition coefficient (Wildman–Crippen LogP) is 4.62. The SMILES string of the molecule is O=CC1CCCCCC=CCCCCCCCC1=O. The Morgan fingerprint density at radius 1 is 0.842 bits per heavy atom. The third-order valence-electron chi connectivity index (χ3n) is 3.92. The Labute approximate surface area is 117 Å². The average Bonchev–Trinajstić information content (AvgIpc) is 2.42. The summed E-state index contributed by atoms with van der Waals surface area (Å²) in [6.07, 6.45) is 18.3. The van der Waals surface area contributed by atoms with Crippen molar-refractivity contribution in [1.29, 1.82) is 0 Å². The van der Waals surface area contributed by atoms with Gasteiger partial charge in [-0.25, -0.2) is 0 Å². The molecule has 1 atom stereocenters. The van der Waals surface area contributed by atoms with Crippen molar-refractivity contribution in [3.8, 4) is 0 Å². The second-order valence-electron chi connectivity index (χ2n) is 5.62. The maximum atomic E-state index is 11.9. The van der Waals surface area contributed by atoms with Gasteiger partial charge in [-0.15, -0.1) is 0 Å². The summed E-state index contributed by atoms with van der Waals surface area (Å²) >= 11 is 0. The van der Waals surface area contributed by atoms with Crippen LogP contribution in [0.3, 0.4) is 0 Å². The van der Waals surface area contributed by atoms with Gasteiger partial charge >= 0.3 is 0 Å². The summed E-state index contributed by atoms with van der Waals surface area (Å²) < 4.78 is 0. The van der Waals surface area contributed by atoms with E-state index < -0.39 is 0 Å². The molecule has 0 N–H and O–H groups in total. The van der Waals surface area contributed by atoms with Gasteiger partial charge in [0.05, 0.1) is 5.92 Å². The lowest BCUT2D eigenvalue weighted by atomic mass is 9.94. The summed E-state index contributed by atoms with van der Waals surface area (Å²) in [5, 5.41) is 0. The van der Waals surface area contributed by atoms with Crippen LogP contribution in [0.15, 0.2) is 12.2 Å². The second-order valence-corrected chi connectivity index (χ2v) is 5.62.